The second-order valence-corrected chi connectivity index (χ2v) is 16.3. The number of esters is 3. The van der Waals surface area contributed by atoms with E-state index in [0.29, 0.717) is 13.2 Å². The van der Waals surface area contributed by atoms with Crippen LogP contribution in [0.5, 0.6) is 0 Å². The summed E-state index contributed by atoms with van der Waals surface area (Å²) in [7, 11) is 1.37. The van der Waals surface area contributed by atoms with E-state index in [9.17, 15) is 14.4 Å². The van der Waals surface area contributed by atoms with Gasteiger partial charge in [-0.05, 0) is 53.1 Å². The van der Waals surface area contributed by atoms with E-state index in [-0.39, 0.29) is 42.9 Å². The van der Waals surface area contributed by atoms with Gasteiger partial charge in [0.15, 0.2) is 30.9 Å². The lowest BCUT2D eigenvalue weighted by molar-refractivity contribution is -0.315. The van der Waals surface area contributed by atoms with Gasteiger partial charge in [0.2, 0.25) is 0 Å². The molecule has 13 heteroatoms. The smallest absolute Gasteiger partial charge is 0.338 e. The third-order valence-corrected chi connectivity index (χ3v) is 11.5. The van der Waals surface area contributed by atoms with E-state index >= 15 is 0 Å². The lowest BCUT2D eigenvalue weighted by Crippen LogP contribution is -2.63. The van der Waals surface area contributed by atoms with E-state index < -0.39 is 73.2 Å². The van der Waals surface area contributed by atoms with Crippen LogP contribution in [0.4, 0.5) is 0 Å². The highest BCUT2D eigenvalue weighted by Gasteiger charge is 2.53. The summed E-state index contributed by atoms with van der Waals surface area (Å²) in [5, 5.41) is 0. The van der Waals surface area contributed by atoms with Crippen LogP contribution in [0, 0.1) is 0 Å². The first-order valence-corrected chi connectivity index (χ1v) is 22.6. The number of rotatable bonds is 20. The third kappa shape index (κ3) is 13.1. The second-order valence-electron chi connectivity index (χ2n) is 16.3. The molecule has 9 atom stereocenters. The first kappa shape index (κ1) is 47.9. The Morgan fingerprint density at radius 3 is 1.34 bits per heavy atom. The SMILES string of the molecule is CO[C@H]1O[C@H](CO[C@H]2C[C@@H](OCc3ccccc3)[C@H](OCc3ccccc3)[C@@H](COCc3ccccc3)O2)[C@@H](OC(=O)c2ccccc2)[C@H](OC(=O)c2ccccc2)[C@H]1OC(=O)c1ccccc1. The van der Waals surface area contributed by atoms with E-state index in [2.05, 4.69) is 0 Å². The van der Waals surface area contributed by atoms with Gasteiger partial charge in [0.1, 0.15) is 18.3 Å². The average Bonchev–Trinajstić information content (AvgIpc) is 3.39. The van der Waals surface area contributed by atoms with Crippen molar-refractivity contribution in [1.29, 1.82) is 0 Å². The molecule has 2 aliphatic heterocycles. The molecule has 0 saturated carbocycles. The van der Waals surface area contributed by atoms with Gasteiger partial charge in [0, 0.05) is 13.5 Å². The summed E-state index contributed by atoms with van der Waals surface area (Å²) in [4.78, 5) is 41.6. The van der Waals surface area contributed by atoms with Crippen molar-refractivity contribution in [3.8, 4) is 0 Å². The van der Waals surface area contributed by atoms with Gasteiger partial charge in [-0.25, -0.2) is 14.4 Å². The molecule has 0 aliphatic carbocycles. The molecule has 6 aromatic carbocycles. The molecule has 13 nitrogen and oxygen atoms in total. The molecule has 0 unspecified atom stereocenters. The van der Waals surface area contributed by atoms with Crippen LogP contribution in [-0.2, 0) is 67.2 Å². The van der Waals surface area contributed by atoms with Gasteiger partial charge < -0.3 is 47.4 Å². The molecular weight excluding hydrogens is 869 g/mol. The van der Waals surface area contributed by atoms with Gasteiger partial charge >= 0.3 is 17.9 Å². The van der Waals surface area contributed by atoms with Crippen molar-refractivity contribution in [2.24, 2.45) is 0 Å². The van der Waals surface area contributed by atoms with Crippen LogP contribution < -0.4 is 0 Å². The number of carbonyl (C=O) groups excluding carboxylic acids is 3. The summed E-state index contributed by atoms with van der Waals surface area (Å²) < 4.78 is 63.7. The Hall–Kier alpha value is -6.55. The molecule has 2 fully saturated rings. The highest BCUT2D eigenvalue weighted by Crippen LogP contribution is 2.34. The van der Waals surface area contributed by atoms with E-state index in [4.69, 9.17) is 47.4 Å². The highest BCUT2D eigenvalue weighted by atomic mass is 16.7. The number of hydrogen-bond acceptors (Lipinski definition) is 13. The van der Waals surface area contributed by atoms with Gasteiger partial charge in [0.25, 0.3) is 0 Å². The maximum atomic E-state index is 14.0. The predicted octanol–water partition coefficient (Wildman–Crippen LogP) is 8.55. The lowest BCUT2D eigenvalue weighted by atomic mass is 9.97. The minimum atomic E-state index is -1.46. The van der Waals surface area contributed by atoms with Crippen LogP contribution in [-0.4, -0.2) is 93.5 Å². The molecule has 352 valence electrons. The second kappa shape index (κ2) is 24.5. The maximum absolute atomic E-state index is 14.0. The van der Waals surface area contributed by atoms with Crippen molar-refractivity contribution in [3.05, 3.63) is 215 Å². The molecular formula is C55H54O13. The zero-order valence-electron chi connectivity index (χ0n) is 37.6. The number of ether oxygens (including phenoxy) is 10. The monoisotopic (exact) mass is 922 g/mol. The minimum absolute atomic E-state index is 0.133. The Bertz CT molecular complexity index is 2450. The topological polar surface area (TPSA) is 144 Å². The van der Waals surface area contributed by atoms with Crippen molar-refractivity contribution in [2.45, 2.75) is 81.5 Å². The Balaban J connectivity index is 1.09. The molecule has 0 spiro atoms. The fraction of sp³-hybridized carbons (Fsp3) is 0.291. The number of hydrogen-bond donors (Lipinski definition) is 0. The Morgan fingerprint density at radius 1 is 0.441 bits per heavy atom. The Kier molecular flexibility index (Phi) is 17.2. The van der Waals surface area contributed by atoms with Crippen LogP contribution in [0.1, 0.15) is 54.2 Å². The van der Waals surface area contributed by atoms with E-state index in [1.54, 1.807) is 91.0 Å². The normalized spacial score (nSPS) is 23.5. The van der Waals surface area contributed by atoms with Crippen LogP contribution in [0.25, 0.3) is 0 Å². The van der Waals surface area contributed by atoms with Crippen molar-refractivity contribution in [2.75, 3.05) is 20.3 Å². The molecule has 0 N–H and O–H groups in total. The van der Waals surface area contributed by atoms with Crippen molar-refractivity contribution in [1.82, 2.24) is 0 Å². The number of methoxy groups -OCH3 is 1. The van der Waals surface area contributed by atoms with Gasteiger partial charge in [-0.3, -0.25) is 0 Å². The zero-order valence-corrected chi connectivity index (χ0v) is 37.6. The largest absolute Gasteiger partial charge is 0.452 e. The molecule has 2 heterocycles. The van der Waals surface area contributed by atoms with Crippen molar-refractivity contribution >= 4 is 17.9 Å². The zero-order chi connectivity index (χ0) is 46.9. The van der Waals surface area contributed by atoms with Gasteiger partial charge in [-0.2, -0.15) is 0 Å². The van der Waals surface area contributed by atoms with Crippen LogP contribution in [0.15, 0.2) is 182 Å². The lowest BCUT2D eigenvalue weighted by Gasteiger charge is -2.45. The summed E-state index contributed by atoms with van der Waals surface area (Å²) in [5.74, 6) is -2.25. The summed E-state index contributed by atoms with van der Waals surface area (Å²) in [5.41, 5.74) is 3.60. The van der Waals surface area contributed by atoms with Gasteiger partial charge in [-0.15, -0.1) is 0 Å². The fourth-order valence-corrected chi connectivity index (χ4v) is 8.03. The molecule has 6 aromatic rings. The van der Waals surface area contributed by atoms with Crippen LogP contribution in [0.3, 0.4) is 0 Å². The van der Waals surface area contributed by atoms with Gasteiger partial charge in [-0.1, -0.05) is 146 Å². The molecule has 0 amide bonds. The number of benzene rings is 6. The molecule has 0 bridgehead atoms. The van der Waals surface area contributed by atoms with E-state index in [0.717, 1.165) is 16.7 Å². The molecule has 68 heavy (non-hydrogen) atoms. The Labute approximate surface area is 395 Å². The summed E-state index contributed by atoms with van der Waals surface area (Å²) in [6.45, 7) is 0.776. The molecule has 2 aliphatic rings. The summed E-state index contributed by atoms with van der Waals surface area (Å²) in [6.07, 6.45) is -9.27. The third-order valence-electron chi connectivity index (χ3n) is 11.5. The minimum Gasteiger partial charge on any atom is -0.452 e. The first-order valence-electron chi connectivity index (χ1n) is 22.6. The van der Waals surface area contributed by atoms with Crippen LogP contribution in [0.2, 0.25) is 0 Å². The fourth-order valence-electron chi connectivity index (χ4n) is 8.03. The molecule has 0 aromatic heterocycles. The molecule has 8 rings (SSSR count). The predicted molar refractivity (Wildman–Crippen MR) is 248 cm³/mol. The average molecular weight is 923 g/mol. The molecule has 0 radical (unpaired) electrons. The van der Waals surface area contributed by atoms with Crippen LogP contribution >= 0.6 is 0 Å². The Morgan fingerprint density at radius 2 is 0.853 bits per heavy atom. The van der Waals surface area contributed by atoms with E-state index in [1.165, 1.54) is 7.11 Å². The van der Waals surface area contributed by atoms with Crippen molar-refractivity contribution < 1.29 is 61.8 Å². The van der Waals surface area contributed by atoms with Gasteiger partial charge in [0.05, 0.1) is 55.8 Å². The highest BCUT2D eigenvalue weighted by molar-refractivity contribution is 5.91. The quantitative estimate of drug-likeness (QED) is 0.0534. The summed E-state index contributed by atoms with van der Waals surface area (Å²) in [6, 6.07) is 54.4. The first-order chi connectivity index (χ1) is 33.4. The molecule has 2 saturated heterocycles. The van der Waals surface area contributed by atoms with E-state index in [1.807, 2.05) is 91.0 Å². The standard InChI is InChI=1S/C55H54O13/c1-59-55-51(68-54(58)43-30-18-7-19-31-43)50(67-53(57)42-28-16-6-17-29-42)49(66-52(56)41-26-14-5-15-27-41)46(65-55)37-62-47-32-44(61-34-39-22-10-3-11-23-39)48(63-35-40-24-12-4-13-25-40)45(64-47)36-60-33-38-20-8-2-9-21-38/h2-31,44-51,55H,32-37H2,1H3/t44-,45-,46-,47-,48+,49-,50+,51-,55+/m1/s1. The van der Waals surface area contributed by atoms with Crippen molar-refractivity contribution in [3.63, 3.8) is 0 Å². The maximum Gasteiger partial charge on any atom is 0.338 e. The number of carbonyl (C=O) groups is 3. The summed E-state index contributed by atoms with van der Waals surface area (Å²) >= 11 is 0.